The molecule has 0 amide bonds. The van der Waals surface area contributed by atoms with Gasteiger partial charge in [0.25, 0.3) is 15.6 Å². The zero-order valence-electron chi connectivity index (χ0n) is 18.3. The number of aromatic nitrogens is 2. The van der Waals surface area contributed by atoms with Crippen LogP contribution in [0.15, 0.2) is 99.3 Å². The SMILES string of the molecule is COc1ccc(-c2ccccc2F)cc1-n1c(=O)ccc2cc(S(=O)(=O)Nc3ccon3)ccc21. The molecule has 0 radical (unpaired) electrons. The lowest BCUT2D eigenvalue weighted by atomic mass is 10.0. The topological polar surface area (TPSA) is 103 Å². The molecular formula is C25H18FN3O5S. The Morgan fingerprint density at radius 1 is 1.00 bits per heavy atom. The first-order chi connectivity index (χ1) is 16.9. The zero-order valence-corrected chi connectivity index (χ0v) is 19.1. The van der Waals surface area contributed by atoms with Crippen molar-refractivity contribution in [1.29, 1.82) is 0 Å². The van der Waals surface area contributed by atoms with Crippen molar-refractivity contribution in [1.82, 2.24) is 9.72 Å². The first-order valence-electron chi connectivity index (χ1n) is 10.4. The lowest BCUT2D eigenvalue weighted by Crippen LogP contribution is -2.19. The third-order valence-electron chi connectivity index (χ3n) is 5.46. The molecule has 0 atom stereocenters. The molecule has 5 aromatic rings. The molecule has 5 rings (SSSR count). The second-order valence-corrected chi connectivity index (χ2v) is 9.27. The maximum absolute atomic E-state index is 14.4. The summed E-state index contributed by atoms with van der Waals surface area (Å²) in [6, 6.07) is 20.0. The van der Waals surface area contributed by atoms with E-state index < -0.39 is 15.8 Å². The van der Waals surface area contributed by atoms with Gasteiger partial charge in [-0.3, -0.25) is 14.1 Å². The van der Waals surface area contributed by atoms with Crippen molar-refractivity contribution in [2.24, 2.45) is 0 Å². The average molecular weight is 492 g/mol. The van der Waals surface area contributed by atoms with Gasteiger partial charge in [-0.25, -0.2) is 12.8 Å². The predicted octanol–water partition coefficient (Wildman–Crippen LogP) is 4.59. The average Bonchev–Trinajstić information content (AvgIpc) is 3.36. The lowest BCUT2D eigenvalue weighted by molar-refractivity contribution is 0.413. The van der Waals surface area contributed by atoms with E-state index in [1.54, 1.807) is 36.4 Å². The van der Waals surface area contributed by atoms with Crippen molar-refractivity contribution in [2.45, 2.75) is 4.90 Å². The van der Waals surface area contributed by atoms with E-state index in [4.69, 9.17) is 4.74 Å². The van der Waals surface area contributed by atoms with E-state index in [0.29, 0.717) is 33.5 Å². The van der Waals surface area contributed by atoms with Crippen LogP contribution in [0.25, 0.3) is 27.7 Å². The molecule has 0 spiro atoms. The molecule has 10 heteroatoms. The van der Waals surface area contributed by atoms with Crippen molar-refractivity contribution < 1.29 is 22.1 Å². The summed E-state index contributed by atoms with van der Waals surface area (Å²) in [6.07, 6.45) is 1.25. The van der Waals surface area contributed by atoms with Crippen LogP contribution < -0.4 is 15.0 Å². The highest BCUT2D eigenvalue weighted by molar-refractivity contribution is 7.92. The molecule has 3 aromatic carbocycles. The molecular weight excluding hydrogens is 473 g/mol. The number of benzene rings is 3. The van der Waals surface area contributed by atoms with Crippen LogP contribution in [0.3, 0.4) is 0 Å². The Morgan fingerprint density at radius 3 is 2.57 bits per heavy atom. The summed E-state index contributed by atoms with van der Waals surface area (Å²) in [7, 11) is -2.48. The molecule has 2 heterocycles. The van der Waals surface area contributed by atoms with Gasteiger partial charge in [0.05, 0.1) is 23.2 Å². The largest absolute Gasteiger partial charge is 0.495 e. The molecule has 0 aliphatic rings. The highest BCUT2D eigenvalue weighted by Gasteiger charge is 2.19. The minimum absolute atomic E-state index is 0.0229. The van der Waals surface area contributed by atoms with Gasteiger partial charge in [0.2, 0.25) is 0 Å². The molecule has 0 unspecified atom stereocenters. The molecule has 35 heavy (non-hydrogen) atoms. The molecule has 0 fully saturated rings. The van der Waals surface area contributed by atoms with Crippen molar-refractivity contribution >= 4 is 26.7 Å². The summed E-state index contributed by atoms with van der Waals surface area (Å²) in [6.45, 7) is 0. The van der Waals surface area contributed by atoms with Gasteiger partial charge in [-0.1, -0.05) is 29.4 Å². The van der Waals surface area contributed by atoms with E-state index >= 15 is 0 Å². The number of hydrogen-bond acceptors (Lipinski definition) is 6. The van der Waals surface area contributed by atoms with Crippen LogP contribution in [0.2, 0.25) is 0 Å². The first-order valence-corrected chi connectivity index (χ1v) is 11.9. The zero-order chi connectivity index (χ0) is 24.6. The fraction of sp³-hybridized carbons (Fsp3) is 0.0400. The highest BCUT2D eigenvalue weighted by Crippen LogP contribution is 2.32. The molecule has 8 nitrogen and oxygen atoms in total. The van der Waals surface area contributed by atoms with Gasteiger partial charge < -0.3 is 9.26 Å². The van der Waals surface area contributed by atoms with Gasteiger partial charge in [-0.15, -0.1) is 0 Å². The number of nitrogens with zero attached hydrogens (tertiary/aromatic N) is 2. The summed E-state index contributed by atoms with van der Waals surface area (Å²) in [4.78, 5) is 13.0. The molecule has 0 aliphatic carbocycles. The summed E-state index contributed by atoms with van der Waals surface area (Å²) in [5, 5.41) is 4.05. The number of ether oxygens (including phenoxy) is 1. The van der Waals surface area contributed by atoms with Crippen LogP contribution in [-0.2, 0) is 10.0 Å². The van der Waals surface area contributed by atoms with E-state index in [1.165, 1.54) is 60.4 Å². The van der Waals surface area contributed by atoms with Crippen molar-refractivity contribution in [2.75, 3.05) is 11.8 Å². The smallest absolute Gasteiger partial charge is 0.263 e. The summed E-state index contributed by atoms with van der Waals surface area (Å²) >= 11 is 0. The van der Waals surface area contributed by atoms with Crippen molar-refractivity contribution in [3.63, 3.8) is 0 Å². The van der Waals surface area contributed by atoms with Crippen LogP contribution >= 0.6 is 0 Å². The minimum Gasteiger partial charge on any atom is -0.495 e. The van der Waals surface area contributed by atoms with Gasteiger partial charge in [-0.05, 0) is 48.0 Å². The van der Waals surface area contributed by atoms with Crippen LogP contribution in [-0.4, -0.2) is 25.3 Å². The highest BCUT2D eigenvalue weighted by atomic mass is 32.2. The van der Waals surface area contributed by atoms with E-state index in [2.05, 4.69) is 14.4 Å². The number of pyridine rings is 1. The van der Waals surface area contributed by atoms with Crippen LogP contribution in [0.4, 0.5) is 10.2 Å². The Labute approximate surface area is 199 Å². The number of fused-ring (bicyclic) bond motifs is 1. The quantitative estimate of drug-likeness (QED) is 0.373. The van der Waals surface area contributed by atoms with Gasteiger partial charge in [-0.2, -0.15) is 0 Å². The lowest BCUT2D eigenvalue weighted by Gasteiger charge is -2.16. The van der Waals surface area contributed by atoms with E-state index in [9.17, 15) is 17.6 Å². The van der Waals surface area contributed by atoms with Gasteiger partial charge in [0, 0.05) is 23.1 Å². The number of sulfonamides is 1. The van der Waals surface area contributed by atoms with Gasteiger partial charge >= 0.3 is 0 Å². The molecule has 176 valence electrons. The number of anilines is 1. The van der Waals surface area contributed by atoms with E-state index in [-0.39, 0.29) is 16.3 Å². The molecule has 0 saturated heterocycles. The number of hydrogen-bond donors (Lipinski definition) is 1. The summed E-state index contributed by atoms with van der Waals surface area (Å²) in [5.74, 6) is 0.0391. The molecule has 0 bridgehead atoms. The van der Waals surface area contributed by atoms with E-state index in [1.807, 2.05) is 0 Å². The fourth-order valence-corrected chi connectivity index (χ4v) is 4.86. The molecule has 1 N–H and O–H groups in total. The monoisotopic (exact) mass is 491 g/mol. The number of halogens is 1. The molecule has 0 saturated carbocycles. The van der Waals surface area contributed by atoms with Crippen LogP contribution in [0.1, 0.15) is 0 Å². The van der Waals surface area contributed by atoms with E-state index in [0.717, 1.165) is 0 Å². The van der Waals surface area contributed by atoms with Crippen LogP contribution in [0.5, 0.6) is 5.75 Å². The molecule has 0 aliphatic heterocycles. The van der Waals surface area contributed by atoms with Crippen molar-refractivity contribution in [3.8, 4) is 22.6 Å². The Bertz CT molecular complexity index is 1710. The Hall–Kier alpha value is -4.44. The van der Waals surface area contributed by atoms with Gasteiger partial charge in [0.1, 0.15) is 17.8 Å². The predicted molar refractivity (Wildman–Crippen MR) is 129 cm³/mol. The Balaban J connectivity index is 1.67. The standard InChI is InChI=1S/C25H18FN3O5S/c1-33-23-10-6-16(19-4-2-3-5-20(19)26)15-22(23)29-21-9-8-18(14-17(21)7-11-25(29)30)35(31,32)28-24-12-13-34-27-24/h2-15H,1H3,(H,27,28). The number of methoxy groups -OCH3 is 1. The maximum Gasteiger partial charge on any atom is 0.263 e. The Morgan fingerprint density at radius 2 is 1.83 bits per heavy atom. The summed E-state index contributed by atoms with van der Waals surface area (Å²) < 4.78 is 53.9. The minimum atomic E-state index is -3.95. The third kappa shape index (κ3) is 4.15. The summed E-state index contributed by atoms with van der Waals surface area (Å²) in [5.41, 5.74) is 1.40. The fourth-order valence-electron chi connectivity index (χ4n) is 3.83. The normalized spacial score (nSPS) is 11.5. The third-order valence-corrected chi connectivity index (χ3v) is 6.81. The first kappa shape index (κ1) is 22.4. The maximum atomic E-state index is 14.4. The Kier molecular flexibility index (Phi) is 5.58. The molecule has 2 aromatic heterocycles. The van der Waals surface area contributed by atoms with Crippen molar-refractivity contribution in [3.05, 3.63) is 101 Å². The number of nitrogens with one attached hydrogen (secondary N) is 1. The second-order valence-electron chi connectivity index (χ2n) is 7.58. The second kappa shape index (κ2) is 8.73. The van der Waals surface area contributed by atoms with Crippen LogP contribution in [0, 0.1) is 5.82 Å². The number of rotatable bonds is 6. The van der Waals surface area contributed by atoms with Gasteiger partial charge in [0.15, 0.2) is 5.82 Å².